The lowest BCUT2D eigenvalue weighted by Gasteiger charge is -2.38. The largest absolute Gasteiger partial charge is 0.480 e. The summed E-state index contributed by atoms with van der Waals surface area (Å²) in [7, 11) is 0. The van der Waals surface area contributed by atoms with E-state index in [1.165, 1.54) is 11.8 Å². The second kappa shape index (κ2) is 6.24. The van der Waals surface area contributed by atoms with E-state index in [-0.39, 0.29) is 17.7 Å². The van der Waals surface area contributed by atoms with Gasteiger partial charge in [-0.1, -0.05) is 0 Å². The number of piperidine rings is 2. The Labute approximate surface area is 118 Å². The third-order valence-electron chi connectivity index (χ3n) is 4.29. The van der Waals surface area contributed by atoms with Crippen LogP contribution in [0.15, 0.2) is 0 Å². The Morgan fingerprint density at radius 1 is 1.05 bits per heavy atom. The molecule has 2 amide bonds. The first kappa shape index (κ1) is 14.8. The van der Waals surface area contributed by atoms with Crippen molar-refractivity contribution in [1.82, 2.24) is 9.80 Å². The Balaban J connectivity index is 2.05. The van der Waals surface area contributed by atoms with E-state index in [0.29, 0.717) is 26.1 Å². The van der Waals surface area contributed by atoms with Crippen LogP contribution in [0.1, 0.15) is 39.0 Å². The van der Waals surface area contributed by atoms with Crippen LogP contribution in [0.2, 0.25) is 0 Å². The van der Waals surface area contributed by atoms with Crippen LogP contribution in [-0.2, 0) is 14.4 Å². The van der Waals surface area contributed by atoms with Gasteiger partial charge in [0.1, 0.15) is 6.04 Å². The zero-order valence-electron chi connectivity index (χ0n) is 11.9. The van der Waals surface area contributed by atoms with Gasteiger partial charge < -0.3 is 14.9 Å². The first-order chi connectivity index (χ1) is 9.50. The lowest BCUT2D eigenvalue weighted by Crippen LogP contribution is -2.53. The highest BCUT2D eigenvalue weighted by Gasteiger charge is 2.37. The average molecular weight is 282 g/mol. The number of likely N-dealkylation sites (tertiary alicyclic amines) is 2. The van der Waals surface area contributed by atoms with Crippen molar-refractivity contribution in [3.05, 3.63) is 0 Å². The van der Waals surface area contributed by atoms with Gasteiger partial charge in [-0.2, -0.15) is 0 Å². The number of nitrogens with zero attached hydrogens (tertiary/aromatic N) is 2. The second-order valence-electron chi connectivity index (χ2n) is 5.69. The summed E-state index contributed by atoms with van der Waals surface area (Å²) < 4.78 is 0. The molecule has 6 heteroatoms. The molecule has 2 rings (SSSR count). The van der Waals surface area contributed by atoms with Gasteiger partial charge in [0.05, 0.1) is 5.92 Å². The van der Waals surface area contributed by atoms with Gasteiger partial charge in [0, 0.05) is 26.6 Å². The number of carbonyl (C=O) groups is 3. The van der Waals surface area contributed by atoms with Crippen molar-refractivity contribution in [2.24, 2.45) is 5.92 Å². The minimum Gasteiger partial charge on any atom is -0.480 e. The molecule has 0 aromatic carbocycles. The van der Waals surface area contributed by atoms with E-state index in [4.69, 9.17) is 0 Å². The van der Waals surface area contributed by atoms with Crippen molar-refractivity contribution in [2.45, 2.75) is 45.1 Å². The van der Waals surface area contributed by atoms with Crippen LogP contribution in [0.3, 0.4) is 0 Å². The summed E-state index contributed by atoms with van der Waals surface area (Å²) in [6.45, 7) is 3.15. The number of rotatable bonds is 2. The molecule has 2 heterocycles. The highest BCUT2D eigenvalue weighted by molar-refractivity contribution is 5.86. The molecule has 0 aromatic rings. The summed E-state index contributed by atoms with van der Waals surface area (Å²) in [6.07, 6.45) is 3.79. The fourth-order valence-corrected chi connectivity index (χ4v) is 3.15. The third kappa shape index (κ3) is 3.11. The molecule has 2 atom stereocenters. The highest BCUT2D eigenvalue weighted by atomic mass is 16.4. The Kier molecular flexibility index (Phi) is 4.62. The topological polar surface area (TPSA) is 77.9 Å². The summed E-state index contributed by atoms with van der Waals surface area (Å²) in [5.74, 6) is -1.27. The molecule has 20 heavy (non-hydrogen) atoms. The lowest BCUT2D eigenvalue weighted by atomic mass is 9.93. The zero-order chi connectivity index (χ0) is 14.7. The molecule has 2 saturated heterocycles. The molecule has 0 aromatic heterocycles. The number of aliphatic carboxylic acids is 1. The smallest absolute Gasteiger partial charge is 0.326 e. The van der Waals surface area contributed by atoms with Crippen molar-refractivity contribution in [1.29, 1.82) is 0 Å². The van der Waals surface area contributed by atoms with Gasteiger partial charge in [-0.15, -0.1) is 0 Å². The van der Waals surface area contributed by atoms with Crippen molar-refractivity contribution in [3.63, 3.8) is 0 Å². The van der Waals surface area contributed by atoms with E-state index >= 15 is 0 Å². The third-order valence-corrected chi connectivity index (χ3v) is 4.29. The first-order valence-corrected chi connectivity index (χ1v) is 7.29. The Morgan fingerprint density at radius 2 is 1.80 bits per heavy atom. The van der Waals surface area contributed by atoms with Crippen LogP contribution in [-0.4, -0.2) is 58.4 Å². The normalized spacial score (nSPS) is 27.2. The quantitative estimate of drug-likeness (QED) is 0.809. The highest BCUT2D eigenvalue weighted by Crippen LogP contribution is 2.24. The maximum atomic E-state index is 12.6. The predicted octanol–water partition coefficient (Wildman–Crippen LogP) is 0.711. The standard InChI is InChI=1S/C14H22N2O4/c1-10(17)15-7-4-5-11(9-15)13(18)16-8-3-2-6-12(16)14(19)20/h11-12H,2-9H2,1H3,(H,19,20). The molecular weight excluding hydrogens is 260 g/mol. The van der Waals surface area contributed by atoms with E-state index in [0.717, 1.165) is 25.7 Å². The number of amides is 2. The van der Waals surface area contributed by atoms with Crippen LogP contribution in [0.5, 0.6) is 0 Å². The van der Waals surface area contributed by atoms with Crippen LogP contribution < -0.4 is 0 Å². The number of hydrogen-bond acceptors (Lipinski definition) is 3. The number of hydrogen-bond donors (Lipinski definition) is 1. The Morgan fingerprint density at radius 3 is 2.45 bits per heavy atom. The monoisotopic (exact) mass is 282 g/mol. The molecule has 1 N–H and O–H groups in total. The molecule has 0 saturated carbocycles. The van der Waals surface area contributed by atoms with Gasteiger partial charge in [-0.05, 0) is 32.1 Å². The molecule has 2 aliphatic heterocycles. The van der Waals surface area contributed by atoms with Crippen LogP contribution in [0.25, 0.3) is 0 Å². The van der Waals surface area contributed by atoms with Crippen LogP contribution in [0.4, 0.5) is 0 Å². The number of carboxylic acid groups (broad SMARTS) is 1. The molecule has 2 unspecified atom stereocenters. The lowest BCUT2D eigenvalue weighted by molar-refractivity contribution is -0.155. The fraction of sp³-hybridized carbons (Fsp3) is 0.786. The average Bonchev–Trinajstić information content (AvgIpc) is 2.46. The fourth-order valence-electron chi connectivity index (χ4n) is 3.15. The summed E-state index contributed by atoms with van der Waals surface area (Å²) in [6, 6.07) is -0.691. The molecular formula is C14H22N2O4. The van der Waals surface area contributed by atoms with Gasteiger partial charge in [-0.3, -0.25) is 9.59 Å². The van der Waals surface area contributed by atoms with Gasteiger partial charge in [0.2, 0.25) is 11.8 Å². The molecule has 112 valence electrons. The van der Waals surface area contributed by atoms with Gasteiger partial charge in [-0.25, -0.2) is 4.79 Å². The summed E-state index contributed by atoms with van der Waals surface area (Å²) >= 11 is 0. The summed E-state index contributed by atoms with van der Waals surface area (Å²) in [5.41, 5.74) is 0. The maximum absolute atomic E-state index is 12.6. The number of carboxylic acids is 1. The minimum absolute atomic E-state index is 0.0177. The Bertz CT molecular complexity index is 410. The molecule has 2 aliphatic rings. The molecule has 0 spiro atoms. The van der Waals surface area contributed by atoms with E-state index in [9.17, 15) is 19.5 Å². The minimum atomic E-state index is -0.919. The predicted molar refractivity (Wildman–Crippen MR) is 72.0 cm³/mol. The van der Waals surface area contributed by atoms with E-state index in [1.807, 2.05) is 0 Å². The molecule has 0 aliphatic carbocycles. The molecule has 6 nitrogen and oxygen atoms in total. The molecule has 0 radical (unpaired) electrons. The number of carbonyl (C=O) groups excluding carboxylic acids is 2. The molecule has 2 fully saturated rings. The van der Waals surface area contributed by atoms with Crippen molar-refractivity contribution in [2.75, 3.05) is 19.6 Å². The van der Waals surface area contributed by atoms with Crippen molar-refractivity contribution in [3.8, 4) is 0 Å². The summed E-state index contributed by atoms with van der Waals surface area (Å²) in [4.78, 5) is 38.4. The SMILES string of the molecule is CC(=O)N1CCCC(C(=O)N2CCCCC2C(=O)O)C1. The van der Waals surface area contributed by atoms with Crippen molar-refractivity contribution < 1.29 is 19.5 Å². The van der Waals surface area contributed by atoms with Crippen LogP contribution in [0, 0.1) is 5.92 Å². The second-order valence-corrected chi connectivity index (χ2v) is 5.69. The first-order valence-electron chi connectivity index (χ1n) is 7.29. The Hall–Kier alpha value is -1.59. The van der Waals surface area contributed by atoms with E-state index in [1.54, 1.807) is 4.90 Å². The van der Waals surface area contributed by atoms with E-state index in [2.05, 4.69) is 0 Å². The van der Waals surface area contributed by atoms with Crippen LogP contribution >= 0.6 is 0 Å². The maximum Gasteiger partial charge on any atom is 0.326 e. The van der Waals surface area contributed by atoms with Gasteiger partial charge in [0.15, 0.2) is 0 Å². The zero-order valence-corrected chi connectivity index (χ0v) is 11.9. The van der Waals surface area contributed by atoms with Gasteiger partial charge in [0.25, 0.3) is 0 Å². The van der Waals surface area contributed by atoms with Gasteiger partial charge >= 0.3 is 5.97 Å². The van der Waals surface area contributed by atoms with Crippen molar-refractivity contribution >= 4 is 17.8 Å². The summed E-state index contributed by atoms with van der Waals surface area (Å²) in [5, 5.41) is 9.24. The van der Waals surface area contributed by atoms with E-state index < -0.39 is 12.0 Å². The molecule has 0 bridgehead atoms.